The second-order valence-electron chi connectivity index (χ2n) is 2.47. The SMILES string of the molecule is C#CC(C)NC(=O)c1ccc(Cl)s1. The summed E-state index contributed by atoms with van der Waals surface area (Å²) < 4.78 is 0.596. The molecule has 2 nitrogen and oxygen atoms in total. The molecule has 1 amide bonds. The minimum atomic E-state index is -0.256. The van der Waals surface area contributed by atoms with E-state index in [0.717, 1.165) is 0 Å². The van der Waals surface area contributed by atoms with Crippen molar-refractivity contribution in [3.05, 3.63) is 21.3 Å². The number of terminal acetylenes is 1. The van der Waals surface area contributed by atoms with Gasteiger partial charge in [-0.05, 0) is 19.1 Å². The Balaban J connectivity index is 2.65. The van der Waals surface area contributed by atoms with Crippen LogP contribution in [0.4, 0.5) is 0 Å². The molecule has 1 aromatic heterocycles. The van der Waals surface area contributed by atoms with Gasteiger partial charge in [-0.1, -0.05) is 17.5 Å². The molecule has 0 aliphatic carbocycles. The van der Waals surface area contributed by atoms with Crippen LogP contribution in [0.2, 0.25) is 4.34 Å². The first kappa shape index (κ1) is 10.1. The summed E-state index contributed by atoms with van der Waals surface area (Å²) in [5.74, 6) is 2.23. The molecule has 0 fully saturated rings. The highest BCUT2D eigenvalue weighted by atomic mass is 35.5. The monoisotopic (exact) mass is 213 g/mol. The molecule has 1 heterocycles. The normalized spacial score (nSPS) is 11.8. The van der Waals surface area contributed by atoms with Gasteiger partial charge in [-0.15, -0.1) is 17.8 Å². The second kappa shape index (κ2) is 4.31. The Labute approximate surface area is 85.9 Å². The second-order valence-corrected chi connectivity index (χ2v) is 4.18. The molecule has 68 valence electrons. The fourth-order valence-corrected chi connectivity index (χ4v) is 1.69. The molecule has 1 aromatic rings. The predicted molar refractivity (Wildman–Crippen MR) is 55.1 cm³/mol. The molecule has 1 N–H and O–H groups in total. The fraction of sp³-hybridized carbons (Fsp3) is 0.222. The van der Waals surface area contributed by atoms with Crippen LogP contribution in [0.1, 0.15) is 16.6 Å². The number of hydrogen-bond acceptors (Lipinski definition) is 2. The van der Waals surface area contributed by atoms with Gasteiger partial charge in [0.2, 0.25) is 0 Å². The lowest BCUT2D eigenvalue weighted by Gasteiger charge is -2.04. The van der Waals surface area contributed by atoms with Gasteiger partial charge >= 0.3 is 0 Å². The smallest absolute Gasteiger partial charge is 0.262 e. The summed E-state index contributed by atoms with van der Waals surface area (Å²) in [7, 11) is 0. The maximum atomic E-state index is 11.4. The van der Waals surface area contributed by atoms with Crippen LogP contribution in [0, 0.1) is 12.3 Å². The minimum absolute atomic E-state index is 0.178. The van der Waals surface area contributed by atoms with Gasteiger partial charge in [0.1, 0.15) is 0 Å². The van der Waals surface area contributed by atoms with Crippen molar-refractivity contribution in [3.8, 4) is 12.3 Å². The molecule has 0 aliphatic rings. The molecule has 0 radical (unpaired) electrons. The van der Waals surface area contributed by atoms with Crippen LogP contribution >= 0.6 is 22.9 Å². The molecule has 0 saturated heterocycles. The van der Waals surface area contributed by atoms with Gasteiger partial charge in [0.15, 0.2) is 0 Å². The lowest BCUT2D eigenvalue weighted by molar-refractivity contribution is 0.0952. The molecule has 0 aliphatic heterocycles. The summed E-state index contributed by atoms with van der Waals surface area (Å²) >= 11 is 6.91. The molecule has 4 heteroatoms. The number of amides is 1. The average Bonchev–Trinajstić information content (AvgIpc) is 2.51. The Bertz CT molecular complexity index is 353. The first-order chi connectivity index (χ1) is 6.13. The first-order valence-electron chi connectivity index (χ1n) is 3.66. The predicted octanol–water partition coefficient (Wildman–Crippen LogP) is 2.15. The van der Waals surface area contributed by atoms with Gasteiger partial charge in [0, 0.05) is 0 Å². The van der Waals surface area contributed by atoms with Gasteiger partial charge in [0.05, 0.1) is 15.3 Å². The van der Waals surface area contributed by atoms with E-state index in [1.54, 1.807) is 19.1 Å². The van der Waals surface area contributed by atoms with Crippen LogP contribution in [0.25, 0.3) is 0 Å². The Morgan fingerprint density at radius 2 is 2.46 bits per heavy atom. The van der Waals surface area contributed by atoms with E-state index < -0.39 is 0 Å². The van der Waals surface area contributed by atoms with Crippen LogP contribution in [-0.4, -0.2) is 11.9 Å². The van der Waals surface area contributed by atoms with Crippen molar-refractivity contribution in [2.75, 3.05) is 0 Å². The third-order valence-corrected chi connectivity index (χ3v) is 2.62. The van der Waals surface area contributed by atoms with E-state index in [2.05, 4.69) is 11.2 Å². The van der Waals surface area contributed by atoms with Crippen LogP contribution < -0.4 is 5.32 Å². The van der Waals surface area contributed by atoms with Gasteiger partial charge in [-0.3, -0.25) is 4.79 Å². The maximum absolute atomic E-state index is 11.4. The zero-order valence-electron chi connectivity index (χ0n) is 7.00. The van der Waals surface area contributed by atoms with Crippen molar-refractivity contribution in [1.29, 1.82) is 0 Å². The molecular weight excluding hydrogens is 206 g/mol. The summed E-state index contributed by atoms with van der Waals surface area (Å²) in [5, 5.41) is 2.64. The Morgan fingerprint density at radius 1 is 1.77 bits per heavy atom. The van der Waals surface area contributed by atoms with Crippen molar-refractivity contribution in [1.82, 2.24) is 5.32 Å². The molecule has 0 saturated carbocycles. The van der Waals surface area contributed by atoms with E-state index in [9.17, 15) is 4.79 Å². The van der Waals surface area contributed by atoms with Crippen molar-refractivity contribution >= 4 is 28.8 Å². The minimum Gasteiger partial charge on any atom is -0.338 e. The highest BCUT2D eigenvalue weighted by molar-refractivity contribution is 7.17. The van der Waals surface area contributed by atoms with Gasteiger partial charge in [0.25, 0.3) is 5.91 Å². The lowest BCUT2D eigenvalue weighted by Crippen LogP contribution is -2.30. The molecular formula is C9H8ClNOS. The Morgan fingerprint density at radius 3 is 2.92 bits per heavy atom. The van der Waals surface area contributed by atoms with E-state index in [1.165, 1.54) is 11.3 Å². The van der Waals surface area contributed by atoms with Gasteiger partial charge in [-0.25, -0.2) is 0 Å². The summed E-state index contributed by atoms with van der Waals surface area (Å²) in [6, 6.07) is 3.10. The zero-order chi connectivity index (χ0) is 9.84. The molecule has 13 heavy (non-hydrogen) atoms. The molecule has 1 unspecified atom stereocenters. The number of carbonyl (C=O) groups excluding carboxylic acids is 1. The summed E-state index contributed by atoms with van der Waals surface area (Å²) in [6.45, 7) is 1.74. The van der Waals surface area contributed by atoms with E-state index in [4.69, 9.17) is 18.0 Å². The number of rotatable bonds is 2. The third kappa shape index (κ3) is 2.76. The van der Waals surface area contributed by atoms with E-state index in [1.807, 2.05) is 0 Å². The number of nitrogens with one attached hydrogen (secondary N) is 1. The Hall–Kier alpha value is -0.980. The molecule has 1 atom stereocenters. The highest BCUT2D eigenvalue weighted by Gasteiger charge is 2.09. The number of halogens is 1. The van der Waals surface area contributed by atoms with E-state index >= 15 is 0 Å². The van der Waals surface area contributed by atoms with E-state index in [0.29, 0.717) is 9.21 Å². The van der Waals surface area contributed by atoms with E-state index in [-0.39, 0.29) is 11.9 Å². The lowest BCUT2D eigenvalue weighted by atomic mass is 10.3. The van der Waals surface area contributed by atoms with Crippen molar-refractivity contribution < 1.29 is 4.79 Å². The highest BCUT2D eigenvalue weighted by Crippen LogP contribution is 2.21. The summed E-state index contributed by atoms with van der Waals surface area (Å²) in [5.41, 5.74) is 0. The van der Waals surface area contributed by atoms with Gasteiger partial charge < -0.3 is 5.32 Å². The summed E-state index contributed by atoms with van der Waals surface area (Å²) in [6.07, 6.45) is 5.12. The molecule has 0 spiro atoms. The standard InChI is InChI=1S/C9H8ClNOS/c1-3-6(2)11-9(12)7-4-5-8(10)13-7/h1,4-6H,2H3,(H,11,12). The van der Waals surface area contributed by atoms with Crippen LogP contribution in [0.5, 0.6) is 0 Å². The third-order valence-electron chi connectivity index (χ3n) is 1.39. The van der Waals surface area contributed by atoms with Crippen LogP contribution in [0.3, 0.4) is 0 Å². The largest absolute Gasteiger partial charge is 0.338 e. The van der Waals surface area contributed by atoms with Crippen LogP contribution in [0.15, 0.2) is 12.1 Å². The summed E-state index contributed by atoms with van der Waals surface area (Å²) in [4.78, 5) is 11.9. The fourth-order valence-electron chi connectivity index (χ4n) is 0.746. The topological polar surface area (TPSA) is 29.1 Å². The average molecular weight is 214 g/mol. The number of thiophene rings is 1. The Kier molecular flexibility index (Phi) is 3.35. The quantitative estimate of drug-likeness (QED) is 0.750. The van der Waals surface area contributed by atoms with Crippen molar-refractivity contribution in [2.45, 2.75) is 13.0 Å². The van der Waals surface area contributed by atoms with Crippen LogP contribution in [-0.2, 0) is 0 Å². The molecule has 1 rings (SSSR count). The van der Waals surface area contributed by atoms with Crippen molar-refractivity contribution in [2.24, 2.45) is 0 Å². The van der Waals surface area contributed by atoms with Crippen molar-refractivity contribution in [3.63, 3.8) is 0 Å². The number of carbonyl (C=O) groups is 1. The first-order valence-corrected chi connectivity index (χ1v) is 4.85. The molecule has 0 bridgehead atoms. The maximum Gasteiger partial charge on any atom is 0.262 e. The zero-order valence-corrected chi connectivity index (χ0v) is 8.58. The molecule has 0 aromatic carbocycles. The van der Waals surface area contributed by atoms with Gasteiger partial charge in [-0.2, -0.15) is 0 Å². The number of hydrogen-bond donors (Lipinski definition) is 1.